The highest BCUT2D eigenvalue weighted by Crippen LogP contribution is 2.31. The number of aromatic nitrogens is 3. The molecule has 0 saturated carbocycles. The number of nitrogen functional groups attached to an aromatic ring is 1. The molecule has 1 aromatic carbocycles. The number of nitrogens with one attached hydrogen (secondary N) is 1. The molecule has 8 nitrogen and oxygen atoms in total. The van der Waals surface area contributed by atoms with E-state index >= 15 is 0 Å². The van der Waals surface area contributed by atoms with Crippen LogP contribution in [-0.4, -0.2) is 43.3 Å². The van der Waals surface area contributed by atoms with Gasteiger partial charge in [-0.25, -0.2) is 17.8 Å². The molecule has 1 aliphatic rings. The molecule has 1 saturated heterocycles. The van der Waals surface area contributed by atoms with Gasteiger partial charge in [-0.1, -0.05) is 11.6 Å². The van der Waals surface area contributed by atoms with Crippen LogP contribution in [-0.2, 0) is 10.0 Å². The van der Waals surface area contributed by atoms with Crippen LogP contribution in [0.1, 0.15) is 18.9 Å². The van der Waals surface area contributed by atoms with Crippen molar-refractivity contribution in [2.45, 2.75) is 23.8 Å². The lowest BCUT2D eigenvalue weighted by Gasteiger charge is -2.22. The van der Waals surface area contributed by atoms with Crippen molar-refractivity contribution in [3.8, 4) is 11.1 Å². The molecule has 0 amide bonds. The lowest BCUT2D eigenvalue weighted by molar-refractivity contribution is 0.343. The van der Waals surface area contributed by atoms with Gasteiger partial charge < -0.3 is 11.1 Å². The molecule has 0 unspecified atom stereocenters. The summed E-state index contributed by atoms with van der Waals surface area (Å²) in [7, 11) is -2.72. The fourth-order valence-corrected chi connectivity index (χ4v) is 5.00. The molecule has 3 heterocycles. The largest absolute Gasteiger partial charge is 0.383 e. The number of piperidine rings is 1. The average Bonchev–Trinajstić information content (AvgIpc) is 3.26. The third-order valence-electron chi connectivity index (χ3n) is 5.40. The number of benzene rings is 1. The van der Waals surface area contributed by atoms with Gasteiger partial charge in [0, 0.05) is 30.6 Å². The summed E-state index contributed by atoms with van der Waals surface area (Å²) in [5.41, 5.74) is 7.45. The molecule has 1 aliphatic heterocycles. The summed E-state index contributed by atoms with van der Waals surface area (Å²) in [5, 5.41) is 7.59. The number of hydrogen-bond acceptors (Lipinski definition) is 6. The fourth-order valence-electron chi connectivity index (χ4n) is 3.54. The van der Waals surface area contributed by atoms with E-state index < -0.39 is 15.8 Å². The molecular weight excluding hydrogens is 443 g/mol. The molecule has 3 aromatic rings. The van der Waals surface area contributed by atoms with Gasteiger partial charge in [-0.15, -0.1) is 0 Å². The van der Waals surface area contributed by atoms with Gasteiger partial charge in [0.1, 0.15) is 16.5 Å². The van der Waals surface area contributed by atoms with Gasteiger partial charge >= 0.3 is 0 Å². The first-order valence-corrected chi connectivity index (χ1v) is 11.5. The van der Waals surface area contributed by atoms with Crippen LogP contribution in [0.2, 0.25) is 5.02 Å². The maximum Gasteiger partial charge on any atom is 0.267 e. The molecule has 2 aromatic heterocycles. The summed E-state index contributed by atoms with van der Waals surface area (Å²) in [6.07, 6.45) is 7.06. The molecule has 11 heteroatoms. The minimum absolute atomic E-state index is 0.130. The number of nitrogens with zero attached hydrogens (tertiary/aromatic N) is 4. The molecule has 0 aliphatic carbocycles. The Morgan fingerprint density at radius 1 is 1.23 bits per heavy atom. The van der Waals surface area contributed by atoms with E-state index in [0.29, 0.717) is 11.6 Å². The van der Waals surface area contributed by atoms with Crippen LogP contribution in [0.15, 0.2) is 47.8 Å². The van der Waals surface area contributed by atoms with Crippen molar-refractivity contribution in [3.05, 3.63) is 53.7 Å². The zero-order valence-electron chi connectivity index (χ0n) is 16.8. The molecule has 0 bridgehead atoms. The number of nitrogens with two attached hydrogens (primary N) is 1. The van der Waals surface area contributed by atoms with E-state index in [1.54, 1.807) is 6.20 Å². The van der Waals surface area contributed by atoms with Crippen LogP contribution in [0.4, 0.5) is 15.9 Å². The number of rotatable bonds is 5. The summed E-state index contributed by atoms with van der Waals surface area (Å²) >= 11 is 5.81. The molecule has 4 rings (SSSR count). The minimum Gasteiger partial charge on any atom is -0.383 e. The van der Waals surface area contributed by atoms with Gasteiger partial charge in [0.2, 0.25) is 0 Å². The summed E-state index contributed by atoms with van der Waals surface area (Å²) < 4.78 is 42.8. The van der Waals surface area contributed by atoms with Crippen LogP contribution in [0.25, 0.3) is 11.1 Å². The van der Waals surface area contributed by atoms with Crippen molar-refractivity contribution >= 4 is 33.1 Å². The SMILES string of the molecule is CN(c1ccc(F)c(Cl)c1)S(=O)(=O)c1cc(-c2cnn(C3CCNCC3)c2)cnc1N. The van der Waals surface area contributed by atoms with Gasteiger partial charge in [-0.2, -0.15) is 5.10 Å². The van der Waals surface area contributed by atoms with Crippen LogP contribution in [0.5, 0.6) is 0 Å². The first kappa shape index (κ1) is 21.5. The van der Waals surface area contributed by atoms with Crippen LogP contribution >= 0.6 is 11.6 Å². The van der Waals surface area contributed by atoms with E-state index in [0.717, 1.165) is 41.9 Å². The van der Waals surface area contributed by atoms with Crippen molar-refractivity contribution in [2.75, 3.05) is 30.2 Å². The lowest BCUT2D eigenvalue weighted by atomic mass is 10.1. The standard InChI is InChI=1S/C20H22ClFN6O2S/c1-27(16-2-3-18(22)17(21)9-16)31(29,30)19-8-13(10-25-20(19)23)14-11-26-28(12-14)15-4-6-24-7-5-15/h2-3,8-12,15,24H,4-7H2,1H3,(H2,23,25). The minimum atomic E-state index is -4.07. The summed E-state index contributed by atoms with van der Waals surface area (Å²) in [6, 6.07) is 5.45. The van der Waals surface area contributed by atoms with Gasteiger partial charge in [0.05, 0.1) is 22.9 Å². The van der Waals surface area contributed by atoms with E-state index in [4.69, 9.17) is 17.3 Å². The predicted molar refractivity (Wildman–Crippen MR) is 118 cm³/mol. The Labute approximate surface area is 184 Å². The second kappa shape index (κ2) is 8.45. The van der Waals surface area contributed by atoms with Crippen molar-refractivity contribution in [1.29, 1.82) is 0 Å². The van der Waals surface area contributed by atoms with Gasteiger partial charge in [-0.3, -0.25) is 8.99 Å². The average molecular weight is 465 g/mol. The third-order valence-corrected chi connectivity index (χ3v) is 7.51. The number of halogens is 2. The number of pyridine rings is 1. The summed E-state index contributed by atoms with van der Waals surface area (Å²) in [5.74, 6) is -0.764. The fraction of sp³-hybridized carbons (Fsp3) is 0.300. The monoisotopic (exact) mass is 464 g/mol. The Hall–Kier alpha value is -2.69. The van der Waals surface area contributed by atoms with Crippen molar-refractivity contribution in [1.82, 2.24) is 20.1 Å². The second-order valence-corrected chi connectivity index (χ2v) is 9.71. The lowest BCUT2D eigenvalue weighted by Crippen LogP contribution is -2.29. The summed E-state index contributed by atoms with van der Waals surface area (Å²) in [4.78, 5) is 3.94. The normalized spacial score (nSPS) is 15.2. The van der Waals surface area contributed by atoms with Crippen LogP contribution < -0.4 is 15.4 Å². The Balaban J connectivity index is 1.67. The van der Waals surface area contributed by atoms with Crippen molar-refractivity contribution in [3.63, 3.8) is 0 Å². The van der Waals surface area contributed by atoms with Crippen molar-refractivity contribution < 1.29 is 12.8 Å². The zero-order valence-corrected chi connectivity index (χ0v) is 18.4. The molecule has 0 atom stereocenters. The molecule has 1 fully saturated rings. The summed E-state index contributed by atoms with van der Waals surface area (Å²) in [6.45, 7) is 1.87. The van der Waals surface area contributed by atoms with Gasteiger partial charge in [-0.05, 0) is 50.2 Å². The molecule has 0 radical (unpaired) electrons. The first-order chi connectivity index (χ1) is 14.8. The smallest absolute Gasteiger partial charge is 0.267 e. The third kappa shape index (κ3) is 4.23. The molecule has 164 valence electrons. The van der Waals surface area contributed by atoms with E-state index in [1.807, 2.05) is 10.9 Å². The van der Waals surface area contributed by atoms with E-state index in [9.17, 15) is 12.8 Å². The number of hydrogen-bond donors (Lipinski definition) is 2. The zero-order chi connectivity index (χ0) is 22.2. The number of sulfonamides is 1. The van der Waals surface area contributed by atoms with E-state index in [1.165, 1.54) is 31.4 Å². The topological polar surface area (TPSA) is 106 Å². The Bertz CT molecular complexity index is 1210. The van der Waals surface area contributed by atoms with Crippen LogP contribution in [0, 0.1) is 5.82 Å². The maximum atomic E-state index is 13.5. The highest BCUT2D eigenvalue weighted by atomic mass is 35.5. The van der Waals surface area contributed by atoms with E-state index in [-0.39, 0.29) is 21.4 Å². The molecule has 3 N–H and O–H groups in total. The molecule has 0 spiro atoms. The van der Waals surface area contributed by atoms with E-state index in [2.05, 4.69) is 15.4 Å². The Morgan fingerprint density at radius 3 is 2.68 bits per heavy atom. The Morgan fingerprint density at radius 2 is 1.97 bits per heavy atom. The highest BCUT2D eigenvalue weighted by Gasteiger charge is 2.26. The highest BCUT2D eigenvalue weighted by molar-refractivity contribution is 7.93. The molecular formula is C20H22ClFN6O2S. The second-order valence-electron chi connectivity index (χ2n) is 7.37. The quantitative estimate of drug-likeness (QED) is 0.601. The van der Waals surface area contributed by atoms with Gasteiger partial charge in [0.25, 0.3) is 10.0 Å². The van der Waals surface area contributed by atoms with Crippen molar-refractivity contribution in [2.24, 2.45) is 0 Å². The van der Waals surface area contributed by atoms with Gasteiger partial charge in [0.15, 0.2) is 0 Å². The maximum absolute atomic E-state index is 13.5. The number of anilines is 2. The van der Waals surface area contributed by atoms with Crippen LogP contribution in [0.3, 0.4) is 0 Å². The Kier molecular flexibility index (Phi) is 5.87. The first-order valence-electron chi connectivity index (χ1n) is 9.72. The molecule has 31 heavy (non-hydrogen) atoms. The predicted octanol–water partition coefficient (Wildman–Crippen LogP) is 3.07.